The number of anilines is 1. The van der Waals surface area contributed by atoms with Gasteiger partial charge in [0.15, 0.2) is 0 Å². The average molecular weight is 365 g/mol. The van der Waals surface area contributed by atoms with Gasteiger partial charge in [0, 0.05) is 30.1 Å². The van der Waals surface area contributed by atoms with Crippen molar-refractivity contribution >= 4 is 23.2 Å². The number of nitrogens with zero attached hydrogens (tertiary/aromatic N) is 1. The van der Waals surface area contributed by atoms with E-state index in [0.717, 1.165) is 23.4 Å². The fourth-order valence-electron chi connectivity index (χ4n) is 3.13. The van der Waals surface area contributed by atoms with Crippen molar-refractivity contribution in [3.05, 3.63) is 78.5 Å². The molecule has 3 heteroatoms. The summed E-state index contributed by atoms with van der Waals surface area (Å²) in [5.74, 6) is 0. The maximum Gasteiger partial charge on any atom is 0.0533 e. The zero-order chi connectivity index (χ0) is 18.4. The molecule has 1 aliphatic heterocycles. The van der Waals surface area contributed by atoms with Crippen LogP contribution in [0.15, 0.2) is 72.3 Å². The topological polar surface area (TPSA) is 15.3 Å². The Balaban J connectivity index is 1.62. The summed E-state index contributed by atoms with van der Waals surface area (Å²) in [7, 11) is 0. The first-order valence-corrected chi connectivity index (χ1v) is 10.1. The van der Waals surface area contributed by atoms with E-state index < -0.39 is 0 Å². The Bertz CT molecular complexity index is 758. The summed E-state index contributed by atoms with van der Waals surface area (Å²) in [6.45, 7) is 12.6. The number of piperidine rings is 1. The number of nitrogens with one attached hydrogen (secondary N) is 1. The first-order chi connectivity index (χ1) is 12.6. The molecule has 1 fully saturated rings. The lowest BCUT2D eigenvalue weighted by atomic mass is 10.0. The van der Waals surface area contributed by atoms with E-state index in [1.807, 2.05) is 18.9 Å². The maximum atomic E-state index is 4.24. The third-order valence-corrected chi connectivity index (χ3v) is 5.78. The fourth-order valence-corrected chi connectivity index (χ4v) is 4.21. The molecule has 1 N–H and O–H groups in total. The van der Waals surface area contributed by atoms with Gasteiger partial charge in [0.1, 0.15) is 0 Å². The van der Waals surface area contributed by atoms with Crippen LogP contribution in [0.4, 0.5) is 5.69 Å². The lowest BCUT2D eigenvalue weighted by Crippen LogP contribution is -2.22. The van der Waals surface area contributed by atoms with E-state index in [1.165, 1.54) is 48.4 Å². The molecule has 2 aromatic rings. The van der Waals surface area contributed by atoms with Crippen LogP contribution in [0.25, 0.3) is 5.57 Å². The molecule has 2 nitrogen and oxygen atoms in total. The van der Waals surface area contributed by atoms with Crippen molar-refractivity contribution < 1.29 is 0 Å². The molecule has 26 heavy (non-hydrogen) atoms. The third kappa shape index (κ3) is 5.26. The van der Waals surface area contributed by atoms with Crippen molar-refractivity contribution in [1.29, 1.82) is 0 Å². The smallest absolute Gasteiger partial charge is 0.0533 e. The van der Waals surface area contributed by atoms with Crippen molar-refractivity contribution in [2.45, 2.75) is 37.5 Å². The molecule has 0 radical (unpaired) electrons. The SMILES string of the molecule is C=C(Cc1ccc(C(=C)C)cc1)Nc1ccccc1SN1CCCCC1. The number of allylic oxidation sites excluding steroid dienone is 2. The normalized spacial score (nSPS) is 14.8. The molecule has 0 saturated carbocycles. The zero-order valence-electron chi connectivity index (χ0n) is 15.6. The predicted octanol–water partition coefficient (Wildman–Crippen LogP) is 6.38. The Morgan fingerprint density at radius 2 is 1.69 bits per heavy atom. The Morgan fingerprint density at radius 3 is 2.38 bits per heavy atom. The van der Waals surface area contributed by atoms with Gasteiger partial charge in [-0.25, -0.2) is 4.31 Å². The predicted molar refractivity (Wildman–Crippen MR) is 115 cm³/mol. The van der Waals surface area contributed by atoms with Crippen molar-refractivity contribution in [2.75, 3.05) is 18.4 Å². The van der Waals surface area contributed by atoms with Gasteiger partial charge in [-0.15, -0.1) is 0 Å². The summed E-state index contributed by atoms with van der Waals surface area (Å²) in [5.41, 5.74) is 5.70. The summed E-state index contributed by atoms with van der Waals surface area (Å²) < 4.78 is 2.48. The molecule has 0 bridgehead atoms. The monoisotopic (exact) mass is 364 g/mol. The molecule has 0 aromatic heterocycles. The highest BCUT2D eigenvalue weighted by molar-refractivity contribution is 7.97. The molecule has 2 aromatic carbocycles. The minimum Gasteiger partial charge on any atom is -0.358 e. The highest BCUT2D eigenvalue weighted by atomic mass is 32.2. The largest absolute Gasteiger partial charge is 0.358 e. The van der Waals surface area contributed by atoms with Gasteiger partial charge in [-0.05, 0) is 55.0 Å². The highest BCUT2D eigenvalue weighted by Gasteiger charge is 2.13. The molecule has 136 valence electrons. The van der Waals surface area contributed by atoms with E-state index in [4.69, 9.17) is 0 Å². The second-order valence-electron chi connectivity index (χ2n) is 6.96. The van der Waals surface area contributed by atoms with Gasteiger partial charge in [-0.3, -0.25) is 0 Å². The fraction of sp³-hybridized carbons (Fsp3) is 0.304. The number of hydrogen-bond acceptors (Lipinski definition) is 3. The van der Waals surface area contributed by atoms with E-state index in [0.29, 0.717) is 0 Å². The Labute approximate surface area is 162 Å². The molecule has 0 unspecified atom stereocenters. The van der Waals surface area contributed by atoms with Crippen LogP contribution in [0.5, 0.6) is 0 Å². The summed E-state index contributed by atoms with van der Waals surface area (Å²) in [6.07, 6.45) is 4.78. The van der Waals surface area contributed by atoms with E-state index in [-0.39, 0.29) is 0 Å². The van der Waals surface area contributed by atoms with Crippen LogP contribution in [-0.2, 0) is 6.42 Å². The van der Waals surface area contributed by atoms with Crippen LogP contribution in [-0.4, -0.2) is 17.4 Å². The summed E-state index contributed by atoms with van der Waals surface area (Å²) in [6, 6.07) is 17.1. The molecule has 1 saturated heterocycles. The minimum absolute atomic E-state index is 0.819. The molecule has 0 amide bonds. The summed E-state index contributed by atoms with van der Waals surface area (Å²) >= 11 is 1.86. The van der Waals surface area contributed by atoms with Gasteiger partial charge in [-0.1, -0.05) is 61.5 Å². The minimum atomic E-state index is 0.819. The second-order valence-corrected chi connectivity index (χ2v) is 8.10. The van der Waals surface area contributed by atoms with Gasteiger partial charge >= 0.3 is 0 Å². The van der Waals surface area contributed by atoms with Crippen LogP contribution >= 0.6 is 11.9 Å². The second kappa shape index (κ2) is 9.11. The van der Waals surface area contributed by atoms with E-state index >= 15 is 0 Å². The number of para-hydroxylation sites is 1. The number of benzene rings is 2. The van der Waals surface area contributed by atoms with Crippen LogP contribution < -0.4 is 5.32 Å². The lowest BCUT2D eigenvalue weighted by molar-refractivity contribution is 0.380. The van der Waals surface area contributed by atoms with Crippen molar-refractivity contribution in [3.8, 4) is 0 Å². The molecule has 1 heterocycles. The van der Waals surface area contributed by atoms with Crippen LogP contribution in [0.1, 0.15) is 37.3 Å². The molecular formula is C23H28N2S. The quantitative estimate of drug-likeness (QED) is 0.574. The molecule has 0 spiro atoms. The highest BCUT2D eigenvalue weighted by Crippen LogP contribution is 2.32. The summed E-state index contributed by atoms with van der Waals surface area (Å²) in [5, 5.41) is 3.53. The Morgan fingerprint density at radius 1 is 1.00 bits per heavy atom. The van der Waals surface area contributed by atoms with E-state index in [9.17, 15) is 0 Å². The van der Waals surface area contributed by atoms with E-state index in [1.54, 1.807) is 0 Å². The zero-order valence-corrected chi connectivity index (χ0v) is 16.4. The third-order valence-electron chi connectivity index (χ3n) is 4.61. The van der Waals surface area contributed by atoms with Crippen LogP contribution in [0.2, 0.25) is 0 Å². The van der Waals surface area contributed by atoms with E-state index in [2.05, 4.69) is 71.3 Å². The number of hydrogen-bond donors (Lipinski definition) is 1. The number of rotatable bonds is 7. The van der Waals surface area contributed by atoms with Crippen molar-refractivity contribution in [1.82, 2.24) is 4.31 Å². The van der Waals surface area contributed by atoms with Gasteiger partial charge in [0.2, 0.25) is 0 Å². The summed E-state index contributed by atoms with van der Waals surface area (Å²) in [4.78, 5) is 1.27. The van der Waals surface area contributed by atoms with Gasteiger partial charge < -0.3 is 5.32 Å². The van der Waals surface area contributed by atoms with Crippen molar-refractivity contribution in [3.63, 3.8) is 0 Å². The standard InChI is InChI=1S/C23H28N2S/c1-18(2)21-13-11-20(12-14-21)17-19(3)24-22-9-5-6-10-23(22)26-25-15-7-4-8-16-25/h5-6,9-14,24H,1,3-4,7-8,15-17H2,2H3. The van der Waals surface area contributed by atoms with Crippen molar-refractivity contribution in [2.24, 2.45) is 0 Å². The van der Waals surface area contributed by atoms with Crippen LogP contribution in [0, 0.1) is 0 Å². The molecule has 0 atom stereocenters. The Hall–Kier alpha value is -1.97. The Kier molecular flexibility index (Phi) is 6.59. The maximum absolute atomic E-state index is 4.24. The molecule has 3 rings (SSSR count). The van der Waals surface area contributed by atoms with Gasteiger partial charge in [0.05, 0.1) is 5.69 Å². The first-order valence-electron chi connectivity index (χ1n) is 9.33. The van der Waals surface area contributed by atoms with Gasteiger partial charge in [0.25, 0.3) is 0 Å². The molecule has 0 aliphatic carbocycles. The first kappa shape index (κ1) is 18.8. The molecule has 1 aliphatic rings. The lowest BCUT2D eigenvalue weighted by Gasteiger charge is -2.26. The van der Waals surface area contributed by atoms with Gasteiger partial charge in [-0.2, -0.15) is 0 Å². The van der Waals surface area contributed by atoms with Crippen LogP contribution in [0.3, 0.4) is 0 Å². The molecular weight excluding hydrogens is 336 g/mol. The average Bonchev–Trinajstić information content (AvgIpc) is 2.64.